The van der Waals surface area contributed by atoms with Crippen molar-refractivity contribution < 1.29 is 34.2 Å². The van der Waals surface area contributed by atoms with Crippen LogP contribution in [0.15, 0.2) is 10.6 Å². The van der Waals surface area contributed by atoms with Crippen LogP contribution < -0.4 is 10.4 Å². The summed E-state index contributed by atoms with van der Waals surface area (Å²) < 4.78 is 0.679. The Balaban J connectivity index is 0.00000342. The molecule has 4 aliphatic heterocycles. The zero-order valence-electron chi connectivity index (χ0n) is 20.7. The van der Waals surface area contributed by atoms with E-state index in [9.17, 15) is 29.7 Å². The van der Waals surface area contributed by atoms with Gasteiger partial charge in [0.05, 0.1) is 63.0 Å². The third-order valence-corrected chi connectivity index (χ3v) is 9.64. The topological polar surface area (TPSA) is 133 Å². The average Bonchev–Trinajstić information content (AvgIpc) is 3.46. The number of aliphatic hydroxyl groups excluding tert-OH is 2. The Morgan fingerprint density at radius 1 is 1.34 bits per heavy atom. The van der Waals surface area contributed by atoms with Crippen LogP contribution >= 0.6 is 24.2 Å². The van der Waals surface area contributed by atoms with Gasteiger partial charge in [-0.05, 0) is 13.3 Å². The van der Waals surface area contributed by atoms with Gasteiger partial charge in [-0.3, -0.25) is 9.59 Å². The van der Waals surface area contributed by atoms with Crippen molar-refractivity contribution in [3.63, 3.8) is 0 Å². The number of thioether (sulfide) groups is 1. The second-order valence-corrected chi connectivity index (χ2v) is 12.0. The van der Waals surface area contributed by atoms with Gasteiger partial charge < -0.3 is 39.7 Å². The average molecular weight is 533 g/mol. The van der Waals surface area contributed by atoms with Crippen molar-refractivity contribution in [2.24, 2.45) is 11.8 Å². The first kappa shape index (κ1) is 28.2. The first-order chi connectivity index (χ1) is 16.0. The number of β-lactam (4-membered cyclic amide) rings is 1. The summed E-state index contributed by atoms with van der Waals surface area (Å²) in [7, 11) is 4.16. The number of nitrogens with zero attached hydrogens (tertiary/aromatic N) is 3. The number of quaternary nitrogens is 1. The number of nitrogens with one attached hydrogen (secondary N) is 1. The largest absolute Gasteiger partial charge is 0.543 e. The number of carboxylic acids is 1. The van der Waals surface area contributed by atoms with E-state index in [0.29, 0.717) is 48.0 Å². The molecule has 0 aromatic heterocycles. The summed E-state index contributed by atoms with van der Waals surface area (Å²) in [5.74, 6) is -2.49. The number of carbonyl (C=O) groups is 3. The highest BCUT2D eigenvalue weighted by atomic mass is 35.5. The third kappa shape index (κ3) is 4.95. The maximum Gasteiger partial charge on any atom is 0.239 e. The highest BCUT2D eigenvalue weighted by molar-refractivity contribution is 8.03. The number of aliphatic hydroxyl groups is 2. The summed E-state index contributed by atoms with van der Waals surface area (Å²) in [5, 5.41) is 34.6. The molecule has 0 bridgehead atoms. The third-order valence-electron chi connectivity index (χ3n) is 8.12. The van der Waals surface area contributed by atoms with Crippen molar-refractivity contribution in [1.29, 1.82) is 0 Å². The van der Waals surface area contributed by atoms with Gasteiger partial charge in [0.1, 0.15) is 12.6 Å². The van der Waals surface area contributed by atoms with Gasteiger partial charge in [-0.1, -0.05) is 6.92 Å². The zero-order valence-corrected chi connectivity index (χ0v) is 22.3. The monoisotopic (exact) mass is 532 g/mol. The van der Waals surface area contributed by atoms with Crippen LogP contribution in [0.5, 0.6) is 0 Å². The molecule has 12 heteroatoms. The predicted octanol–water partition coefficient (Wildman–Crippen LogP) is -1.64. The lowest BCUT2D eigenvalue weighted by Gasteiger charge is -2.47. The number of carboxylic acid groups (broad SMARTS) is 1. The summed E-state index contributed by atoms with van der Waals surface area (Å²) in [6.45, 7) is 6.14. The van der Waals surface area contributed by atoms with E-state index in [2.05, 4.69) is 19.4 Å². The van der Waals surface area contributed by atoms with Crippen LogP contribution in [0.1, 0.15) is 26.7 Å². The molecule has 0 spiro atoms. The molecular formula is C23H37ClN4O6S. The Morgan fingerprint density at radius 3 is 2.63 bits per heavy atom. The summed E-state index contributed by atoms with van der Waals surface area (Å²) >= 11 is 1.42. The van der Waals surface area contributed by atoms with Gasteiger partial charge in [0.2, 0.25) is 11.8 Å². The molecule has 2 amide bonds. The number of hydrogen-bond donors (Lipinski definition) is 3. The fourth-order valence-corrected chi connectivity index (χ4v) is 7.48. The Bertz CT molecular complexity index is 899. The lowest BCUT2D eigenvalue weighted by molar-refractivity contribution is -0.913. The maximum absolute atomic E-state index is 13.2. The van der Waals surface area contributed by atoms with E-state index in [-0.39, 0.29) is 59.8 Å². The van der Waals surface area contributed by atoms with Crippen LogP contribution in [0.2, 0.25) is 0 Å². The Labute approximate surface area is 216 Å². The van der Waals surface area contributed by atoms with Gasteiger partial charge in [-0.25, -0.2) is 0 Å². The highest BCUT2D eigenvalue weighted by Crippen LogP contribution is 2.51. The smallest absolute Gasteiger partial charge is 0.239 e. The van der Waals surface area contributed by atoms with Crippen molar-refractivity contribution in [1.82, 2.24) is 15.1 Å². The quantitative estimate of drug-likeness (QED) is 0.250. The first-order valence-electron chi connectivity index (χ1n) is 12.1. The van der Waals surface area contributed by atoms with Crippen molar-refractivity contribution in [3.05, 3.63) is 10.6 Å². The minimum atomic E-state index is -1.38. The number of fused-ring (bicyclic) bond motifs is 1. The van der Waals surface area contributed by atoms with Gasteiger partial charge in [0.15, 0.2) is 0 Å². The summed E-state index contributed by atoms with van der Waals surface area (Å²) in [6, 6.07) is -0.393. The summed E-state index contributed by atoms with van der Waals surface area (Å²) in [4.78, 5) is 41.4. The van der Waals surface area contributed by atoms with E-state index in [1.54, 1.807) is 6.92 Å². The van der Waals surface area contributed by atoms with E-state index in [0.717, 1.165) is 6.42 Å². The SMILES string of the molecule is CC(O)[C@H]1C(=O)N2C(C(=O)[O-])=C(S[C@@H]3CN[C@H](C(=O)N4CC[C@H]([N+](C)(C)CCO)C4)C3)[C@H](C)[C@H]12.Cl. The molecule has 1 unspecified atom stereocenters. The lowest BCUT2D eigenvalue weighted by atomic mass is 9.79. The first-order valence-corrected chi connectivity index (χ1v) is 12.9. The Morgan fingerprint density at radius 2 is 2.03 bits per heavy atom. The molecule has 4 aliphatic rings. The second kappa shape index (κ2) is 10.5. The van der Waals surface area contributed by atoms with Crippen molar-refractivity contribution in [3.8, 4) is 0 Å². The number of amides is 2. The molecule has 10 nitrogen and oxygen atoms in total. The van der Waals surface area contributed by atoms with Crippen LogP contribution in [0.3, 0.4) is 0 Å². The van der Waals surface area contributed by atoms with Gasteiger partial charge in [0, 0.05) is 35.6 Å². The number of aliphatic carboxylic acids is 1. The molecule has 0 aromatic rings. The van der Waals surface area contributed by atoms with Crippen LogP contribution in [0.25, 0.3) is 0 Å². The molecule has 35 heavy (non-hydrogen) atoms. The molecule has 3 saturated heterocycles. The number of likely N-dealkylation sites (tertiary alicyclic amines) is 1. The van der Waals surface area contributed by atoms with Gasteiger partial charge >= 0.3 is 0 Å². The molecule has 0 saturated carbocycles. The molecule has 7 atom stereocenters. The highest BCUT2D eigenvalue weighted by Gasteiger charge is 2.59. The van der Waals surface area contributed by atoms with E-state index in [1.165, 1.54) is 16.7 Å². The fraction of sp³-hybridized carbons (Fsp3) is 0.783. The normalized spacial score (nSPS) is 33.5. The van der Waals surface area contributed by atoms with Gasteiger partial charge in [0.25, 0.3) is 0 Å². The maximum atomic E-state index is 13.2. The molecule has 198 valence electrons. The zero-order chi connectivity index (χ0) is 24.9. The second-order valence-electron chi connectivity index (χ2n) is 10.6. The number of halogens is 1. The van der Waals surface area contributed by atoms with Crippen LogP contribution in [0.4, 0.5) is 0 Å². The minimum Gasteiger partial charge on any atom is -0.543 e. The van der Waals surface area contributed by atoms with Crippen LogP contribution in [-0.2, 0) is 14.4 Å². The van der Waals surface area contributed by atoms with Gasteiger partial charge in [-0.15, -0.1) is 24.2 Å². The van der Waals surface area contributed by atoms with Crippen molar-refractivity contribution >= 4 is 42.0 Å². The Kier molecular flexibility index (Phi) is 8.50. The Hall–Kier alpha value is -1.37. The lowest BCUT2D eigenvalue weighted by Crippen LogP contribution is -2.64. The van der Waals surface area contributed by atoms with Crippen molar-refractivity contribution in [2.75, 3.05) is 46.9 Å². The summed E-state index contributed by atoms with van der Waals surface area (Å²) in [5.41, 5.74) is -0.0783. The molecule has 0 aliphatic carbocycles. The van der Waals surface area contributed by atoms with Gasteiger partial charge in [-0.2, -0.15) is 0 Å². The molecule has 4 rings (SSSR count). The molecule has 3 fully saturated rings. The van der Waals surface area contributed by atoms with E-state index in [4.69, 9.17) is 0 Å². The molecule has 4 heterocycles. The fourth-order valence-electron chi connectivity index (χ4n) is 6.00. The van der Waals surface area contributed by atoms with Crippen molar-refractivity contribution in [2.45, 2.75) is 56.2 Å². The van der Waals surface area contributed by atoms with Crippen LogP contribution in [0, 0.1) is 11.8 Å². The van der Waals surface area contributed by atoms with E-state index in [1.807, 2.05) is 11.8 Å². The number of carbonyl (C=O) groups excluding carboxylic acids is 3. The summed E-state index contributed by atoms with van der Waals surface area (Å²) in [6.07, 6.45) is 0.636. The molecule has 0 aromatic carbocycles. The van der Waals surface area contributed by atoms with E-state index >= 15 is 0 Å². The predicted molar refractivity (Wildman–Crippen MR) is 131 cm³/mol. The molecular weight excluding hydrogens is 496 g/mol. The van der Waals surface area contributed by atoms with Crippen LogP contribution in [-0.4, -0.2) is 119 Å². The number of hydrogen-bond acceptors (Lipinski definition) is 8. The number of rotatable bonds is 8. The standard InChI is InChI=1S/C23H36N4O6S.ClH/c1-12-18-17(13(2)29)22(31)26(18)19(23(32)33)20(12)34-15-9-16(24-10-15)21(30)25-6-5-14(11-25)27(3,4)7-8-28;/h12-18,24,28-29H,5-11H2,1-4H3;1H/t12-,13?,14+,15+,16+,17-,18-;/m1./s1. The van der Waals surface area contributed by atoms with E-state index < -0.39 is 18.0 Å². The molecule has 3 N–H and O–H groups in total. The minimum absolute atomic E-state index is 0. The molecule has 0 radical (unpaired) electrons. The number of likely N-dealkylation sites (N-methyl/N-ethyl adjacent to an activating group) is 1.